The Balaban J connectivity index is 1.80. The molecule has 0 aliphatic carbocycles. The predicted molar refractivity (Wildman–Crippen MR) is 98.2 cm³/mol. The summed E-state index contributed by atoms with van der Waals surface area (Å²) in [4.78, 5) is 23.4. The molecule has 5 heteroatoms. The van der Waals surface area contributed by atoms with Crippen LogP contribution in [0.2, 0.25) is 5.02 Å². The Bertz CT molecular complexity index is 921. The number of nitrogens with one attached hydrogen (secondary N) is 1. The van der Waals surface area contributed by atoms with Crippen molar-refractivity contribution < 1.29 is 14.7 Å². The van der Waals surface area contributed by atoms with E-state index in [0.717, 1.165) is 11.1 Å². The Morgan fingerprint density at radius 1 is 0.800 bits per heavy atom. The summed E-state index contributed by atoms with van der Waals surface area (Å²) in [5.74, 6) is -1.44. The number of rotatable bonds is 4. The first-order chi connectivity index (χ1) is 12.0. The number of carbonyl (C=O) groups is 2. The van der Waals surface area contributed by atoms with Gasteiger partial charge in [-0.3, -0.25) is 4.79 Å². The summed E-state index contributed by atoms with van der Waals surface area (Å²) in [6, 6.07) is 21.1. The van der Waals surface area contributed by atoms with Gasteiger partial charge in [0.2, 0.25) is 0 Å². The summed E-state index contributed by atoms with van der Waals surface area (Å²) >= 11 is 6.03. The van der Waals surface area contributed by atoms with Gasteiger partial charge in [0.15, 0.2) is 0 Å². The van der Waals surface area contributed by atoms with Gasteiger partial charge in [-0.05, 0) is 41.5 Å². The summed E-state index contributed by atoms with van der Waals surface area (Å²) in [5, 5.41) is 12.0. The van der Waals surface area contributed by atoms with Crippen LogP contribution in [0.1, 0.15) is 20.7 Å². The lowest BCUT2D eigenvalue weighted by Crippen LogP contribution is -2.12. The van der Waals surface area contributed by atoms with Gasteiger partial charge in [-0.1, -0.05) is 54.1 Å². The van der Waals surface area contributed by atoms with E-state index in [2.05, 4.69) is 5.32 Å². The highest BCUT2D eigenvalue weighted by Gasteiger charge is 2.12. The number of hydrogen-bond acceptors (Lipinski definition) is 2. The van der Waals surface area contributed by atoms with Crippen molar-refractivity contribution in [2.24, 2.45) is 0 Å². The number of benzene rings is 3. The molecule has 0 spiro atoms. The zero-order valence-corrected chi connectivity index (χ0v) is 13.8. The van der Waals surface area contributed by atoms with Crippen LogP contribution in [0.15, 0.2) is 72.8 Å². The summed E-state index contributed by atoms with van der Waals surface area (Å²) in [6.45, 7) is 0. The van der Waals surface area contributed by atoms with Crippen LogP contribution in [-0.2, 0) is 0 Å². The maximum Gasteiger partial charge on any atom is 0.335 e. The van der Waals surface area contributed by atoms with Gasteiger partial charge < -0.3 is 10.4 Å². The Morgan fingerprint density at radius 3 is 2.04 bits per heavy atom. The second-order valence-corrected chi connectivity index (χ2v) is 5.80. The van der Waals surface area contributed by atoms with Crippen molar-refractivity contribution in [1.82, 2.24) is 0 Å². The normalized spacial score (nSPS) is 10.3. The third kappa shape index (κ3) is 3.87. The Morgan fingerprint density at radius 2 is 1.40 bits per heavy atom. The SMILES string of the molecule is O=C(O)c1ccc(Cl)c(NC(=O)c2ccc(-c3ccccc3)cc2)c1. The van der Waals surface area contributed by atoms with Crippen molar-refractivity contribution in [3.8, 4) is 11.1 Å². The van der Waals surface area contributed by atoms with E-state index < -0.39 is 5.97 Å². The number of halogens is 1. The molecule has 25 heavy (non-hydrogen) atoms. The van der Waals surface area contributed by atoms with Crippen LogP contribution in [0.4, 0.5) is 5.69 Å². The summed E-state index contributed by atoms with van der Waals surface area (Å²) < 4.78 is 0. The minimum Gasteiger partial charge on any atom is -0.478 e. The van der Waals surface area contributed by atoms with Gasteiger partial charge in [-0.15, -0.1) is 0 Å². The van der Waals surface area contributed by atoms with E-state index in [9.17, 15) is 9.59 Å². The van der Waals surface area contributed by atoms with Crippen LogP contribution in [0.5, 0.6) is 0 Å². The van der Waals surface area contributed by atoms with E-state index in [4.69, 9.17) is 16.7 Å². The zero-order chi connectivity index (χ0) is 17.8. The maximum atomic E-state index is 12.4. The van der Waals surface area contributed by atoms with E-state index in [-0.39, 0.29) is 22.2 Å². The largest absolute Gasteiger partial charge is 0.478 e. The molecule has 3 aromatic rings. The molecule has 0 aliphatic rings. The molecule has 0 unspecified atom stereocenters. The predicted octanol–water partition coefficient (Wildman–Crippen LogP) is 4.96. The first-order valence-corrected chi connectivity index (χ1v) is 7.92. The molecule has 0 heterocycles. The molecule has 0 aliphatic heterocycles. The molecule has 2 N–H and O–H groups in total. The van der Waals surface area contributed by atoms with E-state index in [0.29, 0.717) is 5.56 Å². The average Bonchev–Trinajstić information content (AvgIpc) is 2.64. The van der Waals surface area contributed by atoms with Gasteiger partial charge in [0.05, 0.1) is 16.3 Å². The summed E-state index contributed by atoms with van der Waals surface area (Å²) in [6.07, 6.45) is 0. The highest BCUT2D eigenvalue weighted by atomic mass is 35.5. The summed E-state index contributed by atoms with van der Waals surface area (Å²) in [7, 11) is 0. The van der Waals surface area contributed by atoms with Gasteiger partial charge in [0, 0.05) is 5.56 Å². The van der Waals surface area contributed by atoms with Crippen LogP contribution in [0, 0.1) is 0 Å². The molecular formula is C20H14ClNO3. The number of carboxylic acid groups (broad SMARTS) is 1. The monoisotopic (exact) mass is 351 g/mol. The fourth-order valence-electron chi connectivity index (χ4n) is 2.39. The van der Waals surface area contributed by atoms with E-state index in [1.54, 1.807) is 12.1 Å². The second-order valence-electron chi connectivity index (χ2n) is 5.40. The summed E-state index contributed by atoms with van der Waals surface area (Å²) in [5.41, 5.74) is 2.84. The highest BCUT2D eigenvalue weighted by Crippen LogP contribution is 2.24. The molecule has 0 saturated heterocycles. The lowest BCUT2D eigenvalue weighted by molar-refractivity contribution is 0.0696. The van der Waals surface area contributed by atoms with Crippen LogP contribution in [0.3, 0.4) is 0 Å². The molecule has 3 aromatic carbocycles. The minimum absolute atomic E-state index is 0.0547. The number of hydrogen-bond donors (Lipinski definition) is 2. The number of carbonyl (C=O) groups excluding carboxylic acids is 1. The lowest BCUT2D eigenvalue weighted by Gasteiger charge is -2.09. The maximum absolute atomic E-state index is 12.4. The smallest absolute Gasteiger partial charge is 0.335 e. The molecular weight excluding hydrogens is 338 g/mol. The van der Waals surface area contributed by atoms with Crippen molar-refractivity contribution >= 4 is 29.2 Å². The lowest BCUT2D eigenvalue weighted by atomic mass is 10.0. The molecule has 0 fully saturated rings. The third-order valence-electron chi connectivity index (χ3n) is 3.72. The first-order valence-electron chi connectivity index (χ1n) is 7.54. The van der Waals surface area contributed by atoms with Crippen LogP contribution >= 0.6 is 11.6 Å². The van der Waals surface area contributed by atoms with Gasteiger partial charge in [-0.25, -0.2) is 4.79 Å². The highest BCUT2D eigenvalue weighted by molar-refractivity contribution is 6.34. The van der Waals surface area contributed by atoms with E-state index in [1.807, 2.05) is 42.5 Å². The molecule has 0 bridgehead atoms. The molecule has 0 radical (unpaired) electrons. The van der Waals surface area contributed by atoms with E-state index in [1.165, 1.54) is 18.2 Å². The number of anilines is 1. The first kappa shape index (κ1) is 16.7. The topological polar surface area (TPSA) is 66.4 Å². The molecule has 124 valence electrons. The molecule has 0 atom stereocenters. The third-order valence-corrected chi connectivity index (χ3v) is 4.05. The second kappa shape index (κ2) is 7.20. The minimum atomic E-state index is -1.08. The average molecular weight is 352 g/mol. The number of aromatic carboxylic acids is 1. The van der Waals surface area contributed by atoms with Gasteiger partial charge >= 0.3 is 5.97 Å². The van der Waals surface area contributed by atoms with Crippen molar-refractivity contribution in [3.05, 3.63) is 88.9 Å². The number of carboxylic acids is 1. The molecule has 0 aromatic heterocycles. The Hall–Kier alpha value is -3.11. The molecule has 1 amide bonds. The van der Waals surface area contributed by atoms with E-state index >= 15 is 0 Å². The van der Waals surface area contributed by atoms with Gasteiger partial charge in [-0.2, -0.15) is 0 Å². The van der Waals surface area contributed by atoms with Crippen LogP contribution in [-0.4, -0.2) is 17.0 Å². The molecule has 4 nitrogen and oxygen atoms in total. The quantitative estimate of drug-likeness (QED) is 0.698. The zero-order valence-electron chi connectivity index (χ0n) is 13.1. The fourth-order valence-corrected chi connectivity index (χ4v) is 2.56. The van der Waals surface area contributed by atoms with Crippen molar-refractivity contribution in [1.29, 1.82) is 0 Å². The number of amides is 1. The standard InChI is InChI=1S/C20H14ClNO3/c21-17-11-10-16(20(24)25)12-18(17)22-19(23)15-8-6-14(7-9-15)13-4-2-1-3-5-13/h1-12H,(H,22,23)(H,24,25). The Kier molecular flexibility index (Phi) is 4.82. The van der Waals surface area contributed by atoms with Crippen molar-refractivity contribution in [3.63, 3.8) is 0 Å². The van der Waals surface area contributed by atoms with Gasteiger partial charge in [0.1, 0.15) is 0 Å². The Labute approximate surface area is 149 Å². The molecule has 3 rings (SSSR count). The fraction of sp³-hybridized carbons (Fsp3) is 0. The van der Waals surface area contributed by atoms with Gasteiger partial charge in [0.25, 0.3) is 5.91 Å². The molecule has 0 saturated carbocycles. The van der Waals surface area contributed by atoms with Crippen LogP contribution < -0.4 is 5.32 Å². The van der Waals surface area contributed by atoms with Crippen LogP contribution in [0.25, 0.3) is 11.1 Å². The van der Waals surface area contributed by atoms with Crippen molar-refractivity contribution in [2.45, 2.75) is 0 Å². The van der Waals surface area contributed by atoms with Crippen molar-refractivity contribution in [2.75, 3.05) is 5.32 Å².